The Morgan fingerprint density at radius 2 is 2.13 bits per heavy atom. The van der Waals surface area contributed by atoms with Gasteiger partial charge in [0.2, 0.25) is 0 Å². The van der Waals surface area contributed by atoms with Crippen LogP contribution in [0.5, 0.6) is 0 Å². The quantitative estimate of drug-likeness (QED) is 0.860. The second-order valence-electron chi connectivity index (χ2n) is 5.60. The van der Waals surface area contributed by atoms with Gasteiger partial charge in [0.25, 0.3) is 0 Å². The Balaban J connectivity index is 1.56. The molecular weight excluding hydrogens is 298 g/mol. The van der Waals surface area contributed by atoms with E-state index in [2.05, 4.69) is 10.5 Å². The Morgan fingerprint density at radius 1 is 1.26 bits per heavy atom. The van der Waals surface area contributed by atoms with Crippen molar-refractivity contribution in [3.8, 4) is 0 Å². The number of fused-ring (bicyclic) bond motifs is 1. The number of hydrogen-bond donors (Lipinski definition) is 1. The maximum absolute atomic E-state index is 6.17. The van der Waals surface area contributed by atoms with Crippen LogP contribution in [0.15, 0.2) is 49.1 Å². The minimum Gasteiger partial charge on any atom is -0.348 e. The third-order valence-corrected chi connectivity index (χ3v) is 4.18. The standard InChI is InChI=1S/C16H19N3O4/c1-20-18-13-14-12(22-15(13)19-8-7-17-10-19)9-21-16(23-14)11-5-3-2-4-6-11/h2-8,10,12-16,18H,9H2,1H3/t12-,13+,14-,15+,16?/m1/s1. The molecular formula is C16H19N3O4. The van der Waals surface area contributed by atoms with Gasteiger partial charge < -0.3 is 23.6 Å². The minimum atomic E-state index is -0.399. The van der Waals surface area contributed by atoms with Crippen LogP contribution in [-0.2, 0) is 19.0 Å². The predicted octanol–water partition coefficient (Wildman–Crippen LogP) is 1.41. The number of hydroxylamine groups is 1. The summed E-state index contributed by atoms with van der Waals surface area (Å²) in [5, 5.41) is 0. The molecule has 2 aliphatic rings. The van der Waals surface area contributed by atoms with Gasteiger partial charge in [0.15, 0.2) is 12.5 Å². The van der Waals surface area contributed by atoms with E-state index in [1.54, 1.807) is 19.6 Å². The molecule has 1 aromatic heterocycles. The molecule has 7 heteroatoms. The van der Waals surface area contributed by atoms with Crippen molar-refractivity contribution in [1.82, 2.24) is 15.0 Å². The third kappa shape index (κ3) is 2.77. The first-order chi connectivity index (χ1) is 11.4. The van der Waals surface area contributed by atoms with Gasteiger partial charge in [0, 0.05) is 18.0 Å². The van der Waals surface area contributed by atoms with E-state index in [1.807, 2.05) is 41.1 Å². The largest absolute Gasteiger partial charge is 0.348 e. The SMILES string of the molecule is CON[C@H]1[C@@H]2OC(c3ccccc3)OC[C@H]2O[C@@H]1n1ccnc1. The zero-order valence-electron chi connectivity index (χ0n) is 12.7. The molecule has 0 amide bonds. The lowest BCUT2D eigenvalue weighted by Gasteiger charge is -2.33. The number of nitrogens with one attached hydrogen (secondary N) is 1. The fourth-order valence-electron chi connectivity index (χ4n) is 3.13. The zero-order chi connectivity index (χ0) is 15.6. The molecule has 3 heterocycles. The number of rotatable bonds is 4. The molecule has 122 valence electrons. The molecule has 1 aromatic carbocycles. The molecule has 7 nitrogen and oxygen atoms in total. The summed E-state index contributed by atoms with van der Waals surface area (Å²) in [6.45, 7) is 0.470. The van der Waals surface area contributed by atoms with Gasteiger partial charge in [-0.3, -0.25) is 0 Å². The summed E-state index contributed by atoms with van der Waals surface area (Å²) in [4.78, 5) is 9.24. The summed E-state index contributed by atoms with van der Waals surface area (Å²) in [7, 11) is 1.59. The number of benzene rings is 1. The molecule has 2 fully saturated rings. The molecule has 0 spiro atoms. The highest BCUT2D eigenvalue weighted by molar-refractivity contribution is 5.16. The van der Waals surface area contributed by atoms with Crippen molar-refractivity contribution in [2.45, 2.75) is 30.8 Å². The molecule has 0 bridgehead atoms. The van der Waals surface area contributed by atoms with Crippen LogP contribution in [-0.4, -0.2) is 41.5 Å². The van der Waals surface area contributed by atoms with Gasteiger partial charge in [0.1, 0.15) is 18.2 Å². The van der Waals surface area contributed by atoms with Crippen molar-refractivity contribution < 1.29 is 19.0 Å². The van der Waals surface area contributed by atoms with Crippen LogP contribution in [0, 0.1) is 0 Å². The van der Waals surface area contributed by atoms with Gasteiger partial charge in [-0.2, -0.15) is 5.48 Å². The summed E-state index contributed by atoms with van der Waals surface area (Å²) in [5.74, 6) is 0. The molecule has 1 unspecified atom stereocenters. The summed E-state index contributed by atoms with van der Waals surface area (Å²) in [6, 6.07) is 9.74. The van der Waals surface area contributed by atoms with Crippen LogP contribution in [0.1, 0.15) is 18.1 Å². The average molecular weight is 317 g/mol. The second kappa shape index (κ2) is 6.38. The van der Waals surface area contributed by atoms with Gasteiger partial charge in [-0.15, -0.1) is 0 Å². The molecule has 0 radical (unpaired) electrons. The Labute approximate surface area is 134 Å². The fourth-order valence-corrected chi connectivity index (χ4v) is 3.13. The van der Waals surface area contributed by atoms with Crippen molar-refractivity contribution >= 4 is 0 Å². The highest BCUT2D eigenvalue weighted by atomic mass is 16.7. The monoisotopic (exact) mass is 317 g/mol. The first-order valence-electron chi connectivity index (χ1n) is 7.60. The zero-order valence-corrected chi connectivity index (χ0v) is 12.7. The van der Waals surface area contributed by atoms with E-state index < -0.39 is 6.29 Å². The molecule has 0 aliphatic carbocycles. The summed E-state index contributed by atoms with van der Waals surface area (Å²) >= 11 is 0. The number of hydrogen-bond acceptors (Lipinski definition) is 6. The molecule has 0 saturated carbocycles. The maximum atomic E-state index is 6.17. The third-order valence-electron chi connectivity index (χ3n) is 4.18. The molecule has 1 N–H and O–H groups in total. The van der Waals surface area contributed by atoms with Crippen LogP contribution < -0.4 is 5.48 Å². The normalized spacial score (nSPS) is 33.5. The minimum absolute atomic E-state index is 0.157. The molecule has 2 saturated heterocycles. The Hall–Kier alpha value is -1.77. The first-order valence-corrected chi connectivity index (χ1v) is 7.60. The van der Waals surface area contributed by atoms with E-state index in [4.69, 9.17) is 19.0 Å². The van der Waals surface area contributed by atoms with Gasteiger partial charge in [0.05, 0.1) is 20.0 Å². The molecule has 23 heavy (non-hydrogen) atoms. The van der Waals surface area contributed by atoms with E-state index in [-0.39, 0.29) is 24.5 Å². The summed E-state index contributed by atoms with van der Waals surface area (Å²) < 4.78 is 20.0. The van der Waals surface area contributed by atoms with Crippen molar-refractivity contribution in [2.24, 2.45) is 0 Å². The van der Waals surface area contributed by atoms with E-state index in [1.165, 1.54) is 0 Å². The average Bonchev–Trinajstić information content (AvgIpc) is 3.24. The molecule has 2 aromatic rings. The highest BCUT2D eigenvalue weighted by Gasteiger charge is 2.50. The van der Waals surface area contributed by atoms with Crippen LogP contribution in [0.25, 0.3) is 0 Å². The van der Waals surface area contributed by atoms with Gasteiger partial charge in [-0.05, 0) is 0 Å². The van der Waals surface area contributed by atoms with Crippen LogP contribution >= 0.6 is 0 Å². The van der Waals surface area contributed by atoms with E-state index in [0.717, 1.165) is 5.56 Å². The number of imidazole rings is 1. The lowest BCUT2D eigenvalue weighted by atomic mass is 10.1. The Bertz CT molecular complexity index is 622. The second-order valence-corrected chi connectivity index (χ2v) is 5.60. The highest BCUT2D eigenvalue weighted by Crippen LogP contribution is 2.38. The first kappa shape index (κ1) is 14.8. The maximum Gasteiger partial charge on any atom is 0.184 e. The number of ether oxygens (including phenoxy) is 3. The topological polar surface area (TPSA) is 66.8 Å². The van der Waals surface area contributed by atoms with Crippen molar-refractivity contribution in [3.05, 3.63) is 54.6 Å². The van der Waals surface area contributed by atoms with E-state index >= 15 is 0 Å². The van der Waals surface area contributed by atoms with Crippen LogP contribution in [0.2, 0.25) is 0 Å². The smallest absolute Gasteiger partial charge is 0.184 e. The molecule has 5 atom stereocenters. The van der Waals surface area contributed by atoms with E-state index in [9.17, 15) is 0 Å². The fraction of sp³-hybridized carbons (Fsp3) is 0.438. The van der Waals surface area contributed by atoms with Gasteiger partial charge in [-0.1, -0.05) is 30.3 Å². The lowest BCUT2D eigenvalue weighted by molar-refractivity contribution is -0.249. The van der Waals surface area contributed by atoms with Crippen LogP contribution in [0.4, 0.5) is 0 Å². The van der Waals surface area contributed by atoms with Crippen molar-refractivity contribution in [2.75, 3.05) is 13.7 Å². The number of nitrogens with zero attached hydrogens (tertiary/aromatic N) is 2. The molecule has 4 rings (SSSR count). The Morgan fingerprint density at radius 3 is 2.87 bits per heavy atom. The molecule has 2 aliphatic heterocycles. The van der Waals surface area contributed by atoms with Gasteiger partial charge in [-0.25, -0.2) is 4.98 Å². The van der Waals surface area contributed by atoms with Crippen molar-refractivity contribution in [1.29, 1.82) is 0 Å². The predicted molar refractivity (Wildman–Crippen MR) is 80.1 cm³/mol. The number of aromatic nitrogens is 2. The summed E-state index contributed by atoms with van der Waals surface area (Å²) in [5.41, 5.74) is 3.99. The Kier molecular flexibility index (Phi) is 4.11. The van der Waals surface area contributed by atoms with Crippen LogP contribution in [0.3, 0.4) is 0 Å². The summed E-state index contributed by atoms with van der Waals surface area (Å²) in [6.07, 6.45) is 4.31. The van der Waals surface area contributed by atoms with Crippen molar-refractivity contribution in [3.63, 3.8) is 0 Å². The lowest BCUT2D eigenvalue weighted by Crippen LogP contribution is -2.48. The van der Waals surface area contributed by atoms with E-state index in [0.29, 0.717) is 6.61 Å². The van der Waals surface area contributed by atoms with Gasteiger partial charge >= 0.3 is 0 Å².